The van der Waals surface area contributed by atoms with E-state index in [1.165, 1.54) is 58.8 Å². The molecule has 0 aromatic heterocycles. The van der Waals surface area contributed by atoms with E-state index >= 15 is 0 Å². The lowest BCUT2D eigenvalue weighted by atomic mass is 10.1. The Hall–Kier alpha value is -3.22. The molecule has 0 bridgehead atoms. The van der Waals surface area contributed by atoms with E-state index in [1.54, 1.807) is 12.1 Å². The topological polar surface area (TPSA) is 63.2 Å². The van der Waals surface area contributed by atoms with Crippen molar-refractivity contribution in [3.8, 4) is 23.0 Å². The van der Waals surface area contributed by atoms with E-state index in [0.717, 1.165) is 0 Å². The molecule has 2 rings (SSSR count). The van der Waals surface area contributed by atoms with Crippen LogP contribution in [0.15, 0.2) is 36.4 Å². The molecule has 0 aliphatic heterocycles. The van der Waals surface area contributed by atoms with Crippen molar-refractivity contribution in [2.24, 2.45) is 0 Å². The molecule has 0 radical (unpaired) electrons. The molecule has 0 saturated carbocycles. The van der Waals surface area contributed by atoms with E-state index in [-0.39, 0.29) is 6.61 Å². The third kappa shape index (κ3) is 5.13. The standard InChI is InChI=1S/C20H21FO6/c1-23-16-7-6-15(21)9-14(16)12-27-20(22)8-5-13-10-18(25-3)19(26-4)11-17(13)24-2/h5-11H,12H2,1-4H3/b8-5+. The summed E-state index contributed by atoms with van der Waals surface area (Å²) >= 11 is 0. The lowest BCUT2D eigenvalue weighted by molar-refractivity contribution is -0.138. The van der Waals surface area contributed by atoms with Gasteiger partial charge in [-0.25, -0.2) is 9.18 Å². The molecule has 0 unspecified atom stereocenters. The molecule has 0 aliphatic rings. The van der Waals surface area contributed by atoms with Crippen molar-refractivity contribution < 1.29 is 32.9 Å². The molecule has 0 heterocycles. The summed E-state index contributed by atoms with van der Waals surface area (Å²) in [7, 11) is 6.00. The minimum atomic E-state index is -0.599. The zero-order valence-electron chi connectivity index (χ0n) is 15.6. The Morgan fingerprint density at radius 1 is 0.889 bits per heavy atom. The van der Waals surface area contributed by atoms with Crippen LogP contribution in [0.25, 0.3) is 6.08 Å². The molecule has 27 heavy (non-hydrogen) atoms. The Labute approximate surface area is 157 Å². The summed E-state index contributed by atoms with van der Waals surface area (Å²) in [5.74, 6) is 0.909. The van der Waals surface area contributed by atoms with Gasteiger partial charge in [0.2, 0.25) is 0 Å². The monoisotopic (exact) mass is 376 g/mol. The second kappa shape index (κ2) is 9.47. The quantitative estimate of drug-likeness (QED) is 0.518. The second-order valence-corrected chi connectivity index (χ2v) is 5.35. The molecule has 0 fully saturated rings. The van der Waals surface area contributed by atoms with Gasteiger partial charge in [0.25, 0.3) is 0 Å². The van der Waals surface area contributed by atoms with Crippen molar-refractivity contribution in [1.29, 1.82) is 0 Å². The first-order valence-electron chi connectivity index (χ1n) is 7.99. The van der Waals surface area contributed by atoms with Gasteiger partial charge in [-0.3, -0.25) is 0 Å². The molecule has 0 N–H and O–H groups in total. The van der Waals surface area contributed by atoms with Gasteiger partial charge in [-0.05, 0) is 30.3 Å². The Bertz CT molecular complexity index is 831. The summed E-state index contributed by atoms with van der Waals surface area (Å²) in [5.41, 5.74) is 1.04. The van der Waals surface area contributed by atoms with Gasteiger partial charge in [-0.1, -0.05) is 0 Å². The molecule has 0 saturated heterocycles. The van der Waals surface area contributed by atoms with E-state index in [9.17, 15) is 9.18 Å². The van der Waals surface area contributed by atoms with Gasteiger partial charge >= 0.3 is 5.97 Å². The molecular weight excluding hydrogens is 355 g/mol. The van der Waals surface area contributed by atoms with E-state index in [1.807, 2.05) is 0 Å². The second-order valence-electron chi connectivity index (χ2n) is 5.35. The van der Waals surface area contributed by atoms with Gasteiger partial charge in [0.15, 0.2) is 11.5 Å². The normalized spacial score (nSPS) is 10.6. The van der Waals surface area contributed by atoms with Crippen LogP contribution in [-0.2, 0) is 16.1 Å². The molecule has 2 aromatic rings. The fraction of sp³-hybridized carbons (Fsp3) is 0.250. The number of carbonyl (C=O) groups excluding carboxylic acids is 1. The van der Waals surface area contributed by atoms with Crippen LogP contribution in [0.1, 0.15) is 11.1 Å². The zero-order chi connectivity index (χ0) is 19.8. The Morgan fingerprint density at radius 3 is 2.15 bits per heavy atom. The van der Waals surface area contributed by atoms with Crippen molar-refractivity contribution in [2.45, 2.75) is 6.61 Å². The van der Waals surface area contributed by atoms with Crippen LogP contribution in [0.3, 0.4) is 0 Å². The SMILES string of the molecule is COc1cc(OC)c(OC)cc1/C=C/C(=O)OCc1cc(F)ccc1OC. The van der Waals surface area contributed by atoms with Crippen molar-refractivity contribution >= 4 is 12.0 Å². The first kappa shape index (κ1) is 20.1. The molecule has 6 nitrogen and oxygen atoms in total. The summed E-state index contributed by atoms with van der Waals surface area (Å²) in [6.45, 7) is -0.118. The maximum atomic E-state index is 13.3. The number of ether oxygens (including phenoxy) is 5. The van der Waals surface area contributed by atoms with E-state index < -0.39 is 11.8 Å². The van der Waals surface area contributed by atoms with E-state index in [2.05, 4.69) is 0 Å². The van der Waals surface area contributed by atoms with E-state index in [4.69, 9.17) is 23.7 Å². The highest BCUT2D eigenvalue weighted by molar-refractivity contribution is 5.88. The Kier molecular flexibility index (Phi) is 7.05. The van der Waals surface area contributed by atoms with Gasteiger partial charge in [-0.2, -0.15) is 0 Å². The minimum Gasteiger partial charge on any atom is -0.496 e. The first-order valence-corrected chi connectivity index (χ1v) is 7.99. The zero-order valence-corrected chi connectivity index (χ0v) is 15.6. The lowest BCUT2D eigenvalue weighted by Gasteiger charge is -2.12. The molecule has 144 valence electrons. The number of rotatable bonds is 8. The molecule has 2 aromatic carbocycles. The smallest absolute Gasteiger partial charge is 0.331 e. The number of halogens is 1. The average molecular weight is 376 g/mol. The van der Waals surface area contributed by atoms with Gasteiger partial charge in [0.1, 0.15) is 23.9 Å². The van der Waals surface area contributed by atoms with Crippen LogP contribution >= 0.6 is 0 Å². The van der Waals surface area contributed by atoms with Gasteiger partial charge in [0, 0.05) is 23.3 Å². The summed E-state index contributed by atoms with van der Waals surface area (Å²) in [6.07, 6.45) is 2.78. The number of hydrogen-bond acceptors (Lipinski definition) is 6. The molecule has 0 aliphatic carbocycles. The van der Waals surface area contributed by atoms with Crippen LogP contribution in [0, 0.1) is 5.82 Å². The maximum absolute atomic E-state index is 13.3. The van der Waals surface area contributed by atoms with Crippen LogP contribution in [0.4, 0.5) is 4.39 Å². The number of carbonyl (C=O) groups is 1. The van der Waals surface area contributed by atoms with Crippen molar-refractivity contribution in [3.05, 3.63) is 53.4 Å². The van der Waals surface area contributed by atoms with Crippen molar-refractivity contribution in [3.63, 3.8) is 0 Å². The van der Waals surface area contributed by atoms with Crippen molar-refractivity contribution in [2.75, 3.05) is 28.4 Å². The third-order valence-corrected chi connectivity index (χ3v) is 3.75. The molecule has 0 amide bonds. The Balaban J connectivity index is 2.12. The van der Waals surface area contributed by atoms with Crippen LogP contribution in [0.2, 0.25) is 0 Å². The van der Waals surface area contributed by atoms with Gasteiger partial charge in [-0.15, -0.1) is 0 Å². The first-order chi connectivity index (χ1) is 13.0. The van der Waals surface area contributed by atoms with Crippen LogP contribution in [0.5, 0.6) is 23.0 Å². The average Bonchev–Trinajstić information content (AvgIpc) is 2.69. The maximum Gasteiger partial charge on any atom is 0.331 e. The number of methoxy groups -OCH3 is 4. The number of benzene rings is 2. The predicted octanol–water partition coefficient (Wildman–Crippen LogP) is 3.62. The number of hydrogen-bond donors (Lipinski definition) is 0. The largest absolute Gasteiger partial charge is 0.496 e. The molecule has 0 atom stereocenters. The molecular formula is C20H21FO6. The Morgan fingerprint density at radius 2 is 1.52 bits per heavy atom. The number of esters is 1. The fourth-order valence-corrected chi connectivity index (χ4v) is 2.40. The predicted molar refractivity (Wildman–Crippen MR) is 97.9 cm³/mol. The summed E-state index contributed by atoms with van der Waals surface area (Å²) in [4.78, 5) is 12.0. The van der Waals surface area contributed by atoms with Crippen molar-refractivity contribution in [1.82, 2.24) is 0 Å². The van der Waals surface area contributed by atoms with Crippen LogP contribution in [-0.4, -0.2) is 34.4 Å². The fourth-order valence-electron chi connectivity index (χ4n) is 2.40. The summed E-state index contributed by atoms with van der Waals surface area (Å²) < 4.78 is 39.4. The van der Waals surface area contributed by atoms with Gasteiger partial charge < -0.3 is 23.7 Å². The highest BCUT2D eigenvalue weighted by atomic mass is 19.1. The van der Waals surface area contributed by atoms with Gasteiger partial charge in [0.05, 0.1) is 28.4 Å². The van der Waals surface area contributed by atoms with E-state index in [0.29, 0.717) is 34.1 Å². The molecule has 0 spiro atoms. The summed E-state index contributed by atoms with van der Waals surface area (Å²) in [5, 5.41) is 0. The molecule has 7 heteroatoms. The highest BCUT2D eigenvalue weighted by Gasteiger charge is 2.11. The third-order valence-electron chi connectivity index (χ3n) is 3.75. The highest BCUT2D eigenvalue weighted by Crippen LogP contribution is 2.35. The minimum absolute atomic E-state index is 0.118. The lowest BCUT2D eigenvalue weighted by Crippen LogP contribution is -2.03. The van der Waals surface area contributed by atoms with Crippen LogP contribution < -0.4 is 18.9 Å². The summed E-state index contributed by atoms with van der Waals surface area (Å²) in [6, 6.07) is 7.34.